The molecule has 9 heteroatoms. The van der Waals surface area contributed by atoms with Crippen molar-refractivity contribution in [3.63, 3.8) is 0 Å². The number of carbonyl (C=O) groups is 3. The molecular weight excluding hydrogens is 346 g/mol. The van der Waals surface area contributed by atoms with Crippen LogP contribution in [0.25, 0.3) is 0 Å². The zero-order valence-corrected chi connectivity index (χ0v) is 14.1. The van der Waals surface area contributed by atoms with Crippen molar-refractivity contribution in [3.8, 4) is 11.5 Å². The molecule has 8 nitrogen and oxygen atoms in total. The maximum absolute atomic E-state index is 12.6. The highest BCUT2D eigenvalue weighted by atomic mass is 32.2. The summed E-state index contributed by atoms with van der Waals surface area (Å²) >= 11 is 1.52. The molecule has 2 atom stereocenters. The first-order chi connectivity index (χ1) is 12.1. The first-order valence-corrected chi connectivity index (χ1v) is 9.15. The standard InChI is InChI=1S/C16H17N3O5S/c20-14-4-2-10(18-14)16(22)19-7-25-6-11(19)15(21)17-9-1-3-12-13(5-9)24-8-23-12/h1,3,5,10-11H,2,4,6-8H2,(H,17,21)(H,18,20)/t10-,11-/m0/s1. The summed E-state index contributed by atoms with van der Waals surface area (Å²) in [6.45, 7) is 0.168. The molecule has 0 radical (unpaired) electrons. The average molecular weight is 363 g/mol. The molecule has 4 rings (SSSR count). The third kappa shape index (κ3) is 3.11. The smallest absolute Gasteiger partial charge is 0.248 e. The largest absolute Gasteiger partial charge is 0.454 e. The summed E-state index contributed by atoms with van der Waals surface area (Å²) in [5.41, 5.74) is 0.590. The topological polar surface area (TPSA) is 97.0 Å². The van der Waals surface area contributed by atoms with Gasteiger partial charge in [-0.2, -0.15) is 0 Å². The van der Waals surface area contributed by atoms with Gasteiger partial charge in [0.25, 0.3) is 0 Å². The van der Waals surface area contributed by atoms with Gasteiger partial charge in [0.05, 0.1) is 5.88 Å². The Labute approximate surface area is 148 Å². The van der Waals surface area contributed by atoms with Crippen LogP contribution in [-0.2, 0) is 14.4 Å². The summed E-state index contributed by atoms with van der Waals surface area (Å²) < 4.78 is 10.5. The van der Waals surface area contributed by atoms with Crippen molar-refractivity contribution in [3.05, 3.63) is 18.2 Å². The fraction of sp³-hybridized carbons (Fsp3) is 0.438. The van der Waals surface area contributed by atoms with Crippen LogP contribution in [0.4, 0.5) is 5.69 Å². The van der Waals surface area contributed by atoms with Crippen molar-refractivity contribution in [2.45, 2.75) is 24.9 Å². The lowest BCUT2D eigenvalue weighted by Gasteiger charge is -2.25. The molecule has 2 N–H and O–H groups in total. The average Bonchev–Trinajstić information content (AvgIpc) is 3.33. The van der Waals surface area contributed by atoms with E-state index in [2.05, 4.69) is 10.6 Å². The number of benzene rings is 1. The molecule has 1 aromatic carbocycles. The van der Waals surface area contributed by atoms with Crippen LogP contribution in [0.15, 0.2) is 18.2 Å². The van der Waals surface area contributed by atoms with E-state index in [4.69, 9.17) is 9.47 Å². The molecular formula is C16H17N3O5S. The first-order valence-electron chi connectivity index (χ1n) is 8.00. The Balaban J connectivity index is 1.43. The second kappa shape index (κ2) is 6.47. The highest BCUT2D eigenvalue weighted by Gasteiger charge is 2.39. The van der Waals surface area contributed by atoms with Gasteiger partial charge in [0, 0.05) is 23.9 Å². The summed E-state index contributed by atoms with van der Waals surface area (Å²) in [5.74, 6) is 1.64. The van der Waals surface area contributed by atoms with Gasteiger partial charge in [0.1, 0.15) is 12.1 Å². The number of nitrogens with one attached hydrogen (secondary N) is 2. The van der Waals surface area contributed by atoms with E-state index in [9.17, 15) is 14.4 Å². The zero-order chi connectivity index (χ0) is 17.4. The maximum atomic E-state index is 12.6. The van der Waals surface area contributed by atoms with Crippen LogP contribution in [-0.4, -0.2) is 53.1 Å². The Hall–Kier alpha value is -2.42. The maximum Gasteiger partial charge on any atom is 0.248 e. The number of carbonyl (C=O) groups excluding carboxylic acids is 3. The van der Waals surface area contributed by atoms with Gasteiger partial charge in [-0.15, -0.1) is 11.8 Å². The van der Waals surface area contributed by atoms with Crippen molar-refractivity contribution in [1.82, 2.24) is 10.2 Å². The Kier molecular flexibility index (Phi) is 4.16. The molecule has 1 aromatic rings. The Bertz CT molecular complexity index is 740. The number of amides is 3. The molecule has 2 saturated heterocycles. The summed E-state index contributed by atoms with van der Waals surface area (Å²) in [6, 6.07) is 4.09. The lowest BCUT2D eigenvalue weighted by molar-refractivity contribution is -0.138. The van der Waals surface area contributed by atoms with E-state index < -0.39 is 12.1 Å². The van der Waals surface area contributed by atoms with E-state index in [0.717, 1.165) is 0 Å². The summed E-state index contributed by atoms with van der Waals surface area (Å²) in [6.07, 6.45) is 0.834. The predicted octanol–water partition coefficient (Wildman–Crippen LogP) is 0.534. The van der Waals surface area contributed by atoms with Crippen LogP contribution in [0.3, 0.4) is 0 Å². The normalized spacial score (nSPS) is 24.3. The molecule has 0 aromatic heterocycles. The van der Waals surface area contributed by atoms with E-state index in [0.29, 0.717) is 41.7 Å². The molecule has 3 aliphatic rings. The lowest BCUT2D eigenvalue weighted by Crippen LogP contribution is -2.50. The highest BCUT2D eigenvalue weighted by molar-refractivity contribution is 7.99. The second-order valence-electron chi connectivity index (χ2n) is 6.04. The van der Waals surface area contributed by atoms with Gasteiger partial charge in [0.2, 0.25) is 24.5 Å². The number of ether oxygens (including phenoxy) is 2. The monoisotopic (exact) mass is 363 g/mol. The minimum Gasteiger partial charge on any atom is -0.454 e. The Morgan fingerprint density at radius 1 is 1.28 bits per heavy atom. The third-order valence-corrected chi connectivity index (χ3v) is 5.41. The molecule has 2 fully saturated rings. The van der Waals surface area contributed by atoms with Crippen LogP contribution in [0.5, 0.6) is 11.5 Å². The first kappa shape index (κ1) is 16.1. The fourth-order valence-electron chi connectivity index (χ4n) is 3.08. The van der Waals surface area contributed by atoms with Crippen LogP contribution in [0.1, 0.15) is 12.8 Å². The molecule has 132 valence electrons. The minimum atomic E-state index is -0.555. The molecule has 3 heterocycles. The summed E-state index contributed by atoms with van der Waals surface area (Å²) in [5, 5.41) is 5.50. The SMILES string of the molecule is O=C1CC[C@@H](C(=O)N2CSC[C@H]2C(=O)Nc2ccc3c(c2)OCO3)N1. The van der Waals surface area contributed by atoms with E-state index >= 15 is 0 Å². The van der Waals surface area contributed by atoms with Crippen LogP contribution in [0, 0.1) is 0 Å². The number of thioether (sulfide) groups is 1. The van der Waals surface area contributed by atoms with Gasteiger partial charge >= 0.3 is 0 Å². The fourth-order valence-corrected chi connectivity index (χ4v) is 4.24. The van der Waals surface area contributed by atoms with Crippen molar-refractivity contribution in [2.24, 2.45) is 0 Å². The van der Waals surface area contributed by atoms with E-state index in [1.807, 2.05) is 0 Å². The van der Waals surface area contributed by atoms with Crippen molar-refractivity contribution in [1.29, 1.82) is 0 Å². The lowest BCUT2D eigenvalue weighted by atomic mass is 10.1. The molecule has 3 amide bonds. The number of anilines is 1. The van der Waals surface area contributed by atoms with Crippen molar-refractivity contribution >= 4 is 35.2 Å². The number of hydrogen-bond donors (Lipinski definition) is 2. The van der Waals surface area contributed by atoms with Gasteiger partial charge < -0.3 is 25.0 Å². The van der Waals surface area contributed by atoms with Gasteiger partial charge in [-0.1, -0.05) is 0 Å². The van der Waals surface area contributed by atoms with Gasteiger partial charge in [-0.3, -0.25) is 14.4 Å². The molecule has 0 bridgehead atoms. The molecule has 0 spiro atoms. The Morgan fingerprint density at radius 3 is 2.92 bits per heavy atom. The van der Waals surface area contributed by atoms with Gasteiger partial charge in [-0.05, 0) is 18.6 Å². The predicted molar refractivity (Wildman–Crippen MR) is 90.3 cm³/mol. The number of rotatable bonds is 3. The number of fused-ring (bicyclic) bond motifs is 1. The van der Waals surface area contributed by atoms with Crippen molar-refractivity contribution in [2.75, 3.05) is 23.7 Å². The van der Waals surface area contributed by atoms with Crippen LogP contribution in [0.2, 0.25) is 0 Å². The van der Waals surface area contributed by atoms with Gasteiger partial charge in [0.15, 0.2) is 11.5 Å². The van der Waals surface area contributed by atoms with Crippen LogP contribution < -0.4 is 20.1 Å². The molecule has 0 saturated carbocycles. The summed E-state index contributed by atoms with van der Waals surface area (Å²) in [7, 11) is 0. The number of nitrogens with zero attached hydrogens (tertiary/aromatic N) is 1. The molecule has 3 aliphatic heterocycles. The Morgan fingerprint density at radius 2 is 2.12 bits per heavy atom. The minimum absolute atomic E-state index is 0.119. The molecule has 0 aliphatic carbocycles. The van der Waals surface area contributed by atoms with Crippen LogP contribution >= 0.6 is 11.8 Å². The zero-order valence-electron chi connectivity index (χ0n) is 13.3. The van der Waals surface area contributed by atoms with E-state index in [1.54, 1.807) is 23.1 Å². The van der Waals surface area contributed by atoms with E-state index in [-0.39, 0.29) is 24.5 Å². The van der Waals surface area contributed by atoms with Crippen molar-refractivity contribution < 1.29 is 23.9 Å². The molecule has 25 heavy (non-hydrogen) atoms. The highest BCUT2D eigenvalue weighted by Crippen LogP contribution is 2.34. The van der Waals surface area contributed by atoms with E-state index in [1.165, 1.54) is 11.8 Å². The second-order valence-corrected chi connectivity index (χ2v) is 7.04. The van der Waals surface area contributed by atoms with Gasteiger partial charge in [-0.25, -0.2) is 0 Å². The number of hydrogen-bond acceptors (Lipinski definition) is 6. The third-order valence-electron chi connectivity index (χ3n) is 4.40. The quantitative estimate of drug-likeness (QED) is 0.813. The molecule has 0 unspecified atom stereocenters. The summed E-state index contributed by atoms with van der Waals surface area (Å²) in [4.78, 5) is 38.1.